The number of thiazole rings is 1. The number of hydrogen-bond donors (Lipinski definition) is 2. The second kappa shape index (κ2) is 9.85. The van der Waals surface area contributed by atoms with Crippen LogP contribution in [0.2, 0.25) is 0 Å². The molecule has 3 aromatic rings. The molecule has 0 bridgehead atoms. The fourth-order valence-electron chi connectivity index (χ4n) is 3.94. The third-order valence-electron chi connectivity index (χ3n) is 6.04. The van der Waals surface area contributed by atoms with Crippen LogP contribution in [-0.2, 0) is 12.7 Å². The Morgan fingerprint density at radius 1 is 1.18 bits per heavy atom. The van der Waals surface area contributed by atoms with Crippen LogP contribution in [0.1, 0.15) is 30.1 Å². The number of alkyl halides is 3. The summed E-state index contributed by atoms with van der Waals surface area (Å²) in [6, 6.07) is 6.56. The van der Waals surface area contributed by atoms with E-state index in [4.69, 9.17) is 0 Å². The Kier molecular flexibility index (Phi) is 7.24. The number of benzene rings is 1. The normalized spacial score (nSPS) is 16.7. The van der Waals surface area contributed by atoms with Crippen LogP contribution < -0.4 is 5.32 Å². The first-order valence-corrected chi connectivity index (χ1v) is 14.1. The van der Waals surface area contributed by atoms with Gasteiger partial charge in [-0.15, -0.1) is 11.3 Å². The number of halogens is 3. The van der Waals surface area contributed by atoms with E-state index in [1.807, 2.05) is 31.3 Å². The van der Waals surface area contributed by atoms with E-state index in [1.165, 1.54) is 0 Å². The number of hydrogen-bond acceptors (Lipinski definition) is 7. The third-order valence-corrected chi connectivity index (χ3v) is 10.9. The second-order valence-corrected chi connectivity index (χ2v) is 13.9. The molecule has 183 valence electrons. The molecule has 0 spiro atoms. The van der Waals surface area contributed by atoms with Crippen molar-refractivity contribution in [2.24, 2.45) is 0 Å². The van der Waals surface area contributed by atoms with Gasteiger partial charge >= 0.3 is 6.18 Å². The van der Waals surface area contributed by atoms with Gasteiger partial charge in [0.1, 0.15) is 10.7 Å². The minimum atomic E-state index is -4.53. The lowest BCUT2D eigenvalue weighted by molar-refractivity contribution is -0.141. The van der Waals surface area contributed by atoms with Gasteiger partial charge in [0, 0.05) is 31.2 Å². The van der Waals surface area contributed by atoms with Crippen molar-refractivity contribution in [2.45, 2.75) is 39.2 Å². The smallest absolute Gasteiger partial charge is 0.380 e. The van der Waals surface area contributed by atoms with Crippen LogP contribution in [0, 0.1) is 6.92 Å². The zero-order valence-electron chi connectivity index (χ0n) is 19.3. The Hall–Kier alpha value is -2.13. The Morgan fingerprint density at radius 2 is 1.91 bits per heavy atom. The van der Waals surface area contributed by atoms with E-state index in [1.54, 1.807) is 11.3 Å². The summed E-state index contributed by atoms with van der Waals surface area (Å²) in [5.74, 6) is -0.106. The van der Waals surface area contributed by atoms with E-state index in [0.29, 0.717) is 11.3 Å². The monoisotopic (exact) mass is 510 g/mol. The molecule has 0 saturated carbocycles. The van der Waals surface area contributed by atoms with Gasteiger partial charge < -0.3 is 10.2 Å². The minimum Gasteiger partial charge on any atom is -0.380 e. The first-order valence-electron chi connectivity index (χ1n) is 11.1. The molecule has 1 aromatic carbocycles. The van der Waals surface area contributed by atoms with Crippen molar-refractivity contribution < 1.29 is 18.1 Å². The summed E-state index contributed by atoms with van der Waals surface area (Å²) < 4.78 is 38.9. The molecule has 0 atom stereocenters. The summed E-state index contributed by atoms with van der Waals surface area (Å²) in [6.45, 7) is 8.66. The average molecular weight is 511 g/mol. The molecule has 0 amide bonds. The van der Waals surface area contributed by atoms with Gasteiger partial charge in [-0.1, -0.05) is 19.9 Å². The van der Waals surface area contributed by atoms with E-state index in [0.717, 1.165) is 65.2 Å². The standard InChI is InChI=1S/C23H28F3N5OPS/c1-15(2)33(32)8-6-31(7-9-33)14-21-28-13-19(34-21)17-10-16(3)11-18(12-17)29-22-27-5-4-20(30-22)23(24,25)26/h4-5,10-13,15,32H,6-9,14H2,1-3H3,(H,27,29,30). The van der Waals surface area contributed by atoms with Gasteiger partial charge in [0.15, 0.2) is 0 Å². The quantitative estimate of drug-likeness (QED) is 0.407. The van der Waals surface area contributed by atoms with Gasteiger partial charge in [0.2, 0.25) is 5.95 Å². The highest BCUT2D eigenvalue weighted by molar-refractivity contribution is 7.71. The Bertz CT molecular complexity index is 1150. The average Bonchev–Trinajstić information content (AvgIpc) is 3.23. The molecule has 6 nitrogen and oxygen atoms in total. The molecule has 1 aliphatic rings. The summed E-state index contributed by atoms with van der Waals surface area (Å²) in [4.78, 5) is 26.2. The molecule has 3 heterocycles. The van der Waals surface area contributed by atoms with E-state index in [9.17, 15) is 18.1 Å². The fraction of sp³-hybridized carbons (Fsp3) is 0.435. The van der Waals surface area contributed by atoms with Crippen molar-refractivity contribution in [3.05, 3.63) is 52.9 Å². The maximum atomic E-state index is 13.0. The summed E-state index contributed by atoms with van der Waals surface area (Å²) >= 11 is 1.60. The first-order chi connectivity index (χ1) is 16.0. The number of anilines is 2. The molecule has 0 unspecified atom stereocenters. The SMILES string of the molecule is Cc1cc(Nc2nccc(C(F)(F)F)n2)cc(-c2cnc(CN3CC[P](O)(C(C)C)CC3)s2)c1. The summed E-state index contributed by atoms with van der Waals surface area (Å²) in [6.07, 6.45) is 0.135. The van der Waals surface area contributed by atoms with Crippen molar-refractivity contribution in [1.82, 2.24) is 19.9 Å². The van der Waals surface area contributed by atoms with Crippen LogP contribution in [-0.4, -0.2) is 55.8 Å². The number of nitrogens with one attached hydrogen (secondary N) is 1. The van der Waals surface area contributed by atoms with Crippen LogP contribution in [0.15, 0.2) is 36.7 Å². The van der Waals surface area contributed by atoms with Gasteiger partial charge in [-0.05, 0) is 61.7 Å². The van der Waals surface area contributed by atoms with Crippen molar-refractivity contribution >= 4 is 30.5 Å². The lowest BCUT2D eigenvalue weighted by Crippen LogP contribution is -2.37. The van der Waals surface area contributed by atoms with Crippen LogP contribution in [0.3, 0.4) is 0 Å². The van der Waals surface area contributed by atoms with Gasteiger partial charge in [-0.2, -0.15) is 13.2 Å². The molecular formula is C23H28F3N5OPS. The third kappa shape index (κ3) is 5.92. The fourth-order valence-corrected chi connectivity index (χ4v) is 7.40. The van der Waals surface area contributed by atoms with E-state index in [2.05, 4.69) is 39.0 Å². The first kappa shape index (κ1) is 25.0. The molecule has 0 aliphatic carbocycles. The van der Waals surface area contributed by atoms with Gasteiger partial charge in [-0.25, -0.2) is 15.0 Å². The zero-order chi connectivity index (χ0) is 24.5. The lowest BCUT2D eigenvalue weighted by atomic mass is 10.1. The number of aromatic nitrogens is 3. The van der Waals surface area contributed by atoms with E-state index < -0.39 is 19.4 Å². The van der Waals surface area contributed by atoms with Crippen LogP contribution in [0.4, 0.5) is 24.8 Å². The summed E-state index contributed by atoms with van der Waals surface area (Å²) in [5.41, 5.74) is 1.85. The van der Waals surface area contributed by atoms with Crippen LogP contribution in [0.25, 0.3) is 10.4 Å². The molecule has 2 aromatic heterocycles. The molecule has 11 heteroatoms. The van der Waals surface area contributed by atoms with Crippen molar-refractivity contribution in [2.75, 3.05) is 30.7 Å². The Labute approximate surface area is 201 Å². The zero-order valence-corrected chi connectivity index (χ0v) is 21.0. The van der Waals surface area contributed by atoms with Crippen molar-refractivity contribution in [1.29, 1.82) is 0 Å². The van der Waals surface area contributed by atoms with E-state index >= 15 is 0 Å². The molecule has 1 saturated heterocycles. The molecule has 1 aliphatic heterocycles. The number of rotatable bonds is 6. The van der Waals surface area contributed by atoms with Gasteiger partial charge in [0.25, 0.3) is 0 Å². The van der Waals surface area contributed by atoms with Crippen molar-refractivity contribution in [3.8, 4) is 10.4 Å². The minimum absolute atomic E-state index is 0.106. The topological polar surface area (TPSA) is 74.2 Å². The number of aryl methyl sites for hydroxylation is 1. The highest BCUT2D eigenvalue weighted by atomic mass is 32.1. The van der Waals surface area contributed by atoms with Crippen LogP contribution >= 0.6 is 18.8 Å². The van der Waals surface area contributed by atoms with E-state index in [-0.39, 0.29) is 5.95 Å². The highest BCUT2D eigenvalue weighted by Crippen LogP contribution is 2.60. The van der Waals surface area contributed by atoms with Crippen LogP contribution in [0.5, 0.6) is 0 Å². The largest absolute Gasteiger partial charge is 0.433 e. The summed E-state index contributed by atoms with van der Waals surface area (Å²) in [7, 11) is -1.81. The maximum absolute atomic E-state index is 13.0. The van der Waals surface area contributed by atoms with Gasteiger partial charge in [0.05, 0.1) is 11.4 Å². The molecule has 1 fully saturated rings. The molecule has 2 N–H and O–H groups in total. The number of nitrogens with zero attached hydrogens (tertiary/aromatic N) is 4. The van der Waals surface area contributed by atoms with Gasteiger partial charge in [-0.3, -0.25) is 4.90 Å². The molecule has 34 heavy (non-hydrogen) atoms. The molecular weight excluding hydrogens is 482 g/mol. The molecule has 1 radical (unpaired) electrons. The second-order valence-electron chi connectivity index (χ2n) is 8.90. The predicted octanol–water partition coefficient (Wildman–Crippen LogP) is 5.82. The molecule has 4 rings (SSSR count). The Morgan fingerprint density at radius 3 is 2.59 bits per heavy atom. The highest BCUT2D eigenvalue weighted by Gasteiger charge is 2.34. The van der Waals surface area contributed by atoms with Crippen molar-refractivity contribution in [3.63, 3.8) is 0 Å². The summed E-state index contributed by atoms with van der Waals surface area (Å²) in [5, 5.41) is 3.89. The Balaban J connectivity index is 1.46. The predicted molar refractivity (Wildman–Crippen MR) is 132 cm³/mol. The maximum Gasteiger partial charge on any atom is 0.433 e. The lowest BCUT2D eigenvalue weighted by Gasteiger charge is -2.42.